The van der Waals surface area contributed by atoms with E-state index in [1.807, 2.05) is 44.2 Å². The van der Waals surface area contributed by atoms with Crippen molar-refractivity contribution in [1.29, 1.82) is 0 Å². The van der Waals surface area contributed by atoms with E-state index < -0.39 is 18.0 Å². The molecule has 27 heavy (non-hydrogen) atoms. The van der Waals surface area contributed by atoms with Crippen LogP contribution >= 0.6 is 0 Å². The molecule has 0 saturated carbocycles. The number of anilines is 2. The Morgan fingerprint density at radius 3 is 2.48 bits per heavy atom. The fraction of sp³-hybridized carbons (Fsp3) is 0.286. The molecule has 1 fully saturated rings. The Morgan fingerprint density at radius 1 is 1.11 bits per heavy atom. The summed E-state index contributed by atoms with van der Waals surface area (Å²) in [6.07, 6.45) is 0.857. The second kappa shape index (κ2) is 7.61. The van der Waals surface area contributed by atoms with E-state index in [4.69, 9.17) is 0 Å². The predicted octanol–water partition coefficient (Wildman–Crippen LogP) is 3.35. The lowest BCUT2D eigenvalue weighted by Crippen LogP contribution is -2.39. The Kier molecular flexibility index (Phi) is 5.26. The van der Waals surface area contributed by atoms with Gasteiger partial charge in [0.2, 0.25) is 5.91 Å². The van der Waals surface area contributed by atoms with Crippen LogP contribution in [0.25, 0.3) is 0 Å². The largest absolute Gasteiger partial charge is 0.332 e. The van der Waals surface area contributed by atoms with Crippen LogP contribution in [0.4, 0.5) is 16.2 Å². The highest BCUT2D eigenvalue weighted by atomic mass is 16.2. The molecule has 1 aliphatic heterocycles. The van der Waals surface area contributed by atoms with Crippen molar-refractivity contribution in [3.05, 3.63) is 59.7 Å². The summed E-state index contributed by atoms with van der Waals surface area (Å²) in [5.74, 6) is -0.777. The molecular formula is C21H23N3O3. The maximum Gasteiger partial charge on any atom is 0.332 e. The highest BCUT2D eigenvalue weighted by molar-refractivity contribution is 6.16. The zero-order chi connectivity index (χ0) is 19.6. The van der Waals surface area contributed by atoms with Gasteiger partial charge in [-0.05, 0) is 50.1 Å². The van der Waals surface area contributed by atoms with E-state index in [0.717, 1.165) is 22.4 Å². The van der Waals surface area contributed by atoms with Gasteiger partial charge in [-0.1, -0.05) is 36.8 Å². The lowest BCUT2D eigenvalue weighted by molar-refractivity contribution is -0.130. The summed E-state index contributed by atoms with van der Waals surface area (Å²) in [4.78, 5) is 40.1. The maximum absolute atomic E-state index is 12.8. The number of hydrogen-bond donors (Lipinski definition) is 1. The number of hydrogen-bond acceptors (Lipinski definition) is 3. The van der Waals surface area contributed by atoms with Gasteiger partial charge in [-0.15, -0.1) is 0 Å². The molecule has 6 nitrogen and oxygen atoms in total. The van der Waals surface area contributed by atoms with Crippen LogP contribution in [-0.2, 0) is 16.0 Å². The normalized spacial score (nSPS) is 16.8. The number of nitrogens with zero attached hydrogens (tertiary/aromatic N) is 2. The quantitative estimate of drug-likeness (QED) is 0.826. The zero-order valence-corrected chi connectivity index (χ0v) is 15.7. The molecule has 0 aliphatic carbocycles. The molecule has 2 aromatic rings. The van der Waals surface area contributed by atoms with Crippen molar-refractivity contribution < 1.29 is 14.4 Å². The van der Waals surface area contributed by atoms with Crippen LogP contribution in [0, 0.1) is 6.92 Å². The summed E-state index contributed by atoms with van der Waals surface area (Å²) in [6, 6.07) is 13.8. The molecule has 1 N–H and O–H groups in total. The lowest BCUT2D eigenvalue weighted by Gasteiger charge is -2.19. The van der Waals surface area contributed by atoms with Crippen molar-refractivity contribution in [3.8, 4) is 0 Å². The molecule has 0 unspecified atom stereocenters. The van der Waals surface area contributed by atoms with Crippen LogP contribution in [0.2, 0.25) is 0 Å². The predicted molar refractivity (Wildman–Crippen MR) is 105 cm³/mol. The minimum absolute atomic E-state index is 0.305. The van der Waals surface area contributed by atoms with Crippen LogP contribution < -0.4 is 10.2 Å². The lowest BCUT2D eigenvalue weighted by atomic mass is 10.1. The molecular weight excluding hydrogens is 342 g/mol. The molecule has 1 aliphatic rings. The highest BCUT2D eigenvalue weighted by Crippen LogP contribution is 2.26. The topological polar surface area (TPSA) is 69.7 Å². The van der Waals surface area contributed by atoms with Gasteiger partial charge in [-0.2, -0.15) is 0 Å². The van der Waals surface area contributed by atoms with Gasteiger partial charge in [0.15, 0.2) is 0 Å². The third-order valence-corrected chi connectivity index (χ3v) is 4.68. The first kappa shape index (κ1) is 18.6. The molecule has 0 bridgehead atoms. The van der Waals surface area contributed by atoms with E-state index in [-0.39, 0.29) is 12.5 Å². The van der Waals surface area contributed by atoms with Gasteiger partial charge in [0.1, 0.15) is 12.6 Å². The van der Waals surface area contributed by atoms with Gasteiger partial charge in [0, 0.05) is 11.4 Å². The van der Waals surface area contributed by atoms with Crippen molar-refractivity contribution >= 4 is 29.2 Å². The first-order chi connectivity index (χ1) is 12.9. The molecule has 1 heterocycles. The number of carbonyl (C=O) groups excluding carboxylic acids is 3. The number of urea groups is 1. The molecule has 3 rings (SSSR count). The monoisotopic (exact) mass is 365 g/mol. The van der Waals surface area contributed by atoms with Gasteiger partial charge in [-0.3, -0.25) is 19.4 Å². The van der Waals surface area contributed by atoms with E-state index >= 15 is 0 Å². The van der Waals surface area contributed by atoms with Gasteiger partial charge in [-0.25, -0.2) is 4.79 Å². The smallest absolute Gasteiger partial charge is 0.325 e. The summed E-state index contributed by atoms with van der Waals surface area (Å²) in [5, 5.41) is 2.76. The summed E-state index contributed by atoms with van der Waals surface area (Å²) in [5.41, 5.74) is 3.46. The Bertz CT molecular complexity index is 876. The number of aryl methyl sites for hydroxylation is 2. The van der Waals surface area contributed by atoms with Crippen LogP contribution in [0.5, 0.6) is 0 Å². The summed E-state index contributed by atoms with van der Waals surface area (Å²) >= 11 is 0. The van der Waals surface area contributed by atoms with Crippen molar-refractivity contribution in [2.75, 3.05) is 16.8 Å². The van der Waals surface area contributed by atoms with Gasteiger partial charge in [0.05, 0.1) is 0 Å². The van der Waals surface area contributed by atoms with E-state index in [2.05, 4.69) is 5.32 Å². The van der Waals surface area contributed by atoms with Crippen molar-refractivity contribution in [2.24, 2.45) is 0 Å². The fourth-order valence-electron chi connectivity index (χ4n) is 3.12. The van der Waals surface area contributed by atoms with Gasteiger partial charge < -0.3 is 5.32 Å². The molecule has 0 aromatic heterocycles. The van der Waals surface area contributed by atoms with Crippen LogP contribution in [0.15, 0.2) is 48.5 Å². The van der Waals surface area contributed by atoms with Crippen LogP contribution in [-0.4, -0.2) is 35.3 Å². The summed E-state index contributed by atoms with van der Waals surface area (Å²) < 4.78 is 0. The number of carbonyl (C=O) groups is 3. The van der Waals surface area contributed by atoms with Crippen molar-refractivity contribution in [1.82, 2.24) is 4.90 Å². The third kappa shape index (κ3) is 3.84. The first-order valence-electron chi connectivity index (χ1n) is 9.00. The number of rotatable bonds is 5. The van der Waals surface area contributed by atoms with E-state index in [0.29, 0.717) is 11.4 Å². The SMILES string of the molecule is CCc1cccc(NC(=O)CN2C(=O)[C@@H](C)N(c3ccc(C)cc3)C2=O)c1. The Labute approximate surface area is 158 Å². The van der Waals surface area contributed by atoms with E-state index in [1.165, 1.54) is 4.90 Å². The zero-order valence-electron chi connectivity index (χ0n) is 15.7. The van der Waals surface area contributed by atoms with Gasteiger partial charge >= 0.3 is 6.03 Å². The first-order valence-corrected chi connectivity index (χ1v) is 9.00. The van der Waals surface area contributed by atoms with Crippen molar-refractivity contribution in [2.45, 2.75) is 33.2 Å². The number of nitrogens with one attached hydrogen (secondary N) is 1. The second-order valence-electron chi connectivity index (χ2n) is 6.69. The minimum atomic E-state index is -0.642. The van der Waals surface area contributed by atoms with Crippen molar-refractivity contribution in [3.63, 3.8) is 0 Å². The van der Waals surface area contributed by atoms with Crippen LogP contribution in [0.3, 0.4) is 0 Å². The Morgan fingerprint density at radius 2 is 1.81 bits per heavy atom. The molecule has 2 aromatic carbocycles. The highest BCUT2D eigenvalue weighted by Gasteiger charge is 2.44. The third-order valence-electron chi connectivity index (χ3n) is 4.68. The molecule has 1 atom stereocenters. The number of benzene rings is 2. The summed E-state index contributed by atoms with van der Waals surface area (Å²) in [7, 11) is 0. The average molecular weight is 365 g/mol. The van der Waals surface area contributed by atoms with E-state index in [9.17, 15) is 14.4 Å². The number of imide groups is 1. The number of amides is 4. The Hall–Kier alpha value is -3.15. The molecule has 140 valence electrons. The Balaban J connectivity index is 1.72. The molecule has 1 saturated heterocycles. The molecule has 6 heteroatoms. The van der Waals surface area contributed by atoms with Crippen LogP contribution in [0.1, 0.15) is 25.0 Å². The maximum atomic E-state index is 12.8. The minimum Gasteiger partial charge on any atom is -0.325 e. The molecule has 0 radical (unpaired) electrons. The average Bonchev–Trinajstić information content (AvgIpc) is 2.86. The fourth-order valence-corrected chi connectivity index (χ4v) is 3.12. The standard InChI is InChI=1S/C21H23N3O3/c1-4-16-6-5-7-17(12-16)22-19(25)13-23-20(26)15(3)24(21(23)27)18-10-8-14(2)9-11-18/h5-12,15H,4,13H2,1-3H3,(H,22,25)/t15-/m1/s1. The van der Waals surface area contributed by atoms with Gasteiger partial charge in [0.25, 0.3) is 5.91 Å². The summed E-state index contributed by atoms with van der Waals surface area (Å²) in [6.45, 7) is 5.35. The van der Waals surface area contributed by atoms with E-state index in [1.54, 1.807) is 25.1 Å². The second-order valence-corrected chi connectivity index (χ2v) is 6.69. The molecule has 0 spiro atoms. The molecule has 4 amide bonds.